The van der Waals surface area contributed by atoms with Gasteiger partial charge in [0.15, 0.2) is 0 Å². The standard InChI is InChI=1S/C23H22O2S2/c1-2-4-18(5-3-1)16-24-21-10-6-19(7-11-21)17-25-22-12-8-20(9-13-22)23-26-14-15-27-23/h1-13,23H,14-17H2. The second kappa shape index (κ2) is 9.25. The summed E-state index contributed by atoms with van der Waals surface area (Å²) >= 11 is 4.05. The lowest BCUT2D eigenvalue weighted by atomic mass is 10.2. The number of rotatable bonds is 7. The fourth-order valence-electron chi connectivity index (χ4n) is 2.86. The molecule has 2 nitrogen and oxygen atoms in total. The summed E-state index contributed by atoms with van der Waals surface area (Å²) in [5.41, 5.74) is 3.69. The molecule has 0 spiro atoms. The van der Waals surface area contributed by atoms with E-state index in [-0.39, 0.29) is 0 Å². The maximum Gasteiger partial charge on any atom is 0.119 e. The van der Waals surface area contributed by atoms with Gasteiger partial charge in [0.05, 0.1) is 4.58 Å². The molecule has 1 aliphatic heterocycles. The minimum atomic E-state index is 0.561. The summed E-state index contributed by atoms with van der Waals surface area (Å²) in [6.07, 6.45) is 0. The van der Waals surface area contributed by atoms with Gasteiger partial charge >= 0.3 is 0 Å². The van der Waals surface area contributed by atoms with E-state index in [2.05, 4.69) is 48.5 Å². The highest BCUT2D eigenvalue weighted by Crippen LogP contribution is 2.45. The topological polar surface area (TPSA) is 18.5 Å². The Hall–Kier alpha value is -2.04. The van der Waals surface area contributed by atoms with Crippen molar-refractivity contribution in [2.45, 2.75) is 17.8 Å². The average Bonchev–Trinajstić information content (AvgIpc) is 3.28. The average molecular weight is 395 g/mol. The van der Waals surface area contributed by atoms with Crippen molar-refractivity contribution in [1.29, 1.82) is 0 Å². The highest BCUT2D eigenvalue weighted by molar-refractivity contribution is 8.19. The van der Waals surface area contributed by atoms with Gasteiger partial charge in [-0.25, -0.2) is 0 Å². The molecule has 0 unspecified atom stereocenters. The molecular weight excluding hydrogens is 372 g/mol. The zero-order valence-corrected chi connectivity index (χ0v) is 16.7. The van der Waals surface area contributed by atoms with Crippen LogP contribution in [0.5, 0.6) is 11.5 Å². The Morgan fingerprint density at radius 1 is 0.630 bits per heavy atom. The Balaban J connectivity index is 1.27. The van der Waals surface area contributed by atoms with Crippen LogP contribution in [0.25, 0.3) is 0 Å². The molecule has 0 atom stereocenters. The lowest BCUT2D eigenvalue weighted by Gasteiger charge is -2.11. The summed E-state index contributed by atoms with van der Waals surface area (Å²) in [5, 5.41) is 0. The fourth-order valence-corrected chi connectivity index (χ4v) is 5.72. The van der Waals surface area contributed by atoms with Gasteiger partial charge in [0.1, 0.15) is 24.7 Å². The second-order valence-electron chi connectivity index (χ2n) is 6.35. The molecule has 0 N–H and O–H groups in total. The van der Waals surface area contributed by atoms with Crippen molar-refractivity contribution in [3.63, 3.8) is 0 Å². The van der Waals surface area contributed by atoms with Crippen LogP contribution in [0, 0.1) is 0 Å². The molecule has 138 valence electrons. The predicted molar refractivity (Wildman–Crippen MR) is 116 cm³/mol. The van der Waals surface area contributed by atoms with Crippen molar-refractivity contribution >= 4 is 23.5 Å². The van der Waals surface area contributed by atoms with Gasteiger partial charge < -0.3 is 9.47 Å². The highest BCUT2D eigenvalue weighted by Gasteiger charge is 2.17. The summed E-state index contributed by atoms with van der Waals surface area (Å²) in [6.45, 7) is 1.14. The molecule has 3 aromatic rings. The van der Waals surface area contributed by atoms with E-state index >= 15 is 0 Å². The summed E-state index contributed by atoms with van der Waals surface area (Å²) in [5.74, 6) is 4.28. The van der Waals surface area contributed by atoms with Gasteiger partial charge in [-0.2, -0.15) is 0 Å². The van der Waals surface area contributed by atoms with Crippen LogP contribution in [0.1, 0.15) is 21.3 Å². The number of hydrogen-bond acceptors (Lipinski definition) is 4. The third kappa shape index (κ3) is 5.24. The summed E-state index contributed by atoms with van der Waals surface area (Å²) in [7, 11) is 0. The van der Waals surface area contributed by atoms with E-state index in [9.17, 15) is 0 Å². The fraction of sp³-hybridized carbons (Fsp3) is 0.217. The van der Waals surface area contributed by atoms with E-state index in [0.717, 1.165) is 17.1 Å². The second-order valence-corrected chi connectivity index (χ2v) is 9.07. The maximum absolute atomic E-state index is 5.92. The smallest absolute Gasteiger partial charge is 0.119 e. The van der Waals surface area contributed by atoms with Crippen LogP contribution in [0.4, 0.5) is 0 Å². The normalized spacial score (nSPS) is 14.2. The molecule has 0 aromatic heterocycles. The summed E-state index contributed by atoms with van der Waals surface area (Å²) < 4.78 is 12.3. The van der Waals surface area contributed by atoms with Crippen LogP contribution < -0.4 is 9.47 Å². The van der Waals surface area contributed by atoms with Crippen molar-refractivity contribution in [2.24, 2.45) is 0 Å². The van der Waals surface area contributed by atoms with E-state index in [1.165, 1.54) is 22.6 Å². The number of ether oxygens (including phenoxy) is 2. The molecule has 1 saturated heterocycles. The van der Waals surface area contributed by atoms with Crippen LogP contribution in [0.3, 0.4) is 0 Å². The van der Waals surface area contributed by atoms with Gasteiger partial charge in [0.2, 0.25) is 0 Å². The molecular formula is C23H22O2S2. The number of hydrogen-bond donors (Lipinski definition) is 0. The Kier molecular flexibility index (Phi) is 6.28. The predicted octanol–water partition coefficient (Wildman–Crippen LogP) is 6.32. The van der Waals surface area contributed by atoms with Crippen LogP contribution >= 0.6 is 23.5 Å². The van der Waals surface area contributed by atoms with Gasteiger partial charge in [0.25, 0.3) is 0 Å². The van der Waals surface area contributed by atoms with E-state index in [1.807, 2.05) is 53.9 Å². The Bertz CT molecular complexity index is 827. The molecule has 0 saturated carbocycles. The van der Waals surface area contributed by atoms with E-state index < -0.39 is 0 Å². The molecule has 1 aliphatic rings. The quantitative estimate of drug-likeness (QED) is 0.466. The minimum absolute atomic E-state index is 0.561. The largest absolute Gasteiger partial charge is 0.489 e. The number of thioether (sulfide) groups is 2. The Labute approximate surface area is 169 Å². The van der Waals surface area contributed by atoms with Crippen LogP contribution in [-0.4, -0.2) is 11.5 Å². The minimum Gasteiger partial charge on any atom is -0.489 e. The molecule has 1 heterocycles. The molecule has 4 rings (SSSR count). The third-order valence-corrected chi connectivity index (χ3v) is 7.46. The van der Waals surface area contributed by atoms with E-state index in [0.29, 0.717) is 17.8 Å². The van der Waals surface area contributed by atoms with Crippen LogP contribution in [0.15, 0.2) is 78.9 Å². The summed E-state index contributed by atoms with van der Waals surface area (Å²) in [6, 6.07) is 26.8. The Morgan fingerprint density at radius 2 is 1.15 bits per heavy atom. The summed E-state index contributed by atoms with van der Waals surface area (Å²) in [4.78, 5) is 0. The monoisotopic (exact) mass is 394 g/mol. The first kappa shape index (κ1) is 18.3. The third-order valence-electron chi connectivity index (χ3n) is 4.35. The zero-order chi connectivity index (χ0) is 18.3. The van der Waals surface area contributed by atoms with E-state index in [4.69, 9.17) is 9.47 Å². The maximum atomic E-state index is 5.92. The number of benzene rings is 3. The van der Waals surface area contributed by atoms with Crippen molar-refractivity contribution in [3.05, 3.63) is 95.6 Å². The van der Waals surface area contributed by atoms with Gasteiger partial charge in [-0.15, -0.1) is 23.5 Å². The first-order valence-electron chi connectivity index (χ1n) is 9.08. The molecule has 0 radical (unpaired) electrons. The molecule has 3 aromatic carbocycles. The zero-order valence-electron chi connectivity index (χ0n) is 15.0. The molecule has 0 aliphatic carbocycles. The lowest BCUT2D eigenvalue weighted by molar-refractivity contribution is 0.301. The van der Waals surface area contributed by atoms with Gasteiger partial charge in [-0.1, -0.05) is 54.6 Å². The van der Waals surface area contributed by atoms with Gasteiger partial charge in [-0.05, 0) is 41.0 Å². The molecule has 1 fully saturated rings. The SMILES string of the molecule is c1ccc(COc2ccc(COc3ccc(C4SCCS4)cc3)cc2)cc1. The van der Waals surface area contributed by atoms with Gasteiger partial charge in [0, 0.05) is 11.5 Å². The molecule has 4 heteroatoms. The lowest BCUT2D eigenvalue weighted by Crippen LogP contribution is -1.97. The highest BCUT2D eigenvalue weighted by atomic mass is 32.2. The van der Waals surface area contributed by atoms with E-state index in [1.54, 1.807) is 0 Å². The first-order chi connectivity index (χ1) is 13.4. The molecule has 0 bridgehead atoms. The Morgan fingerprint density at radius 3 is 1.74 bits per heavy atom. The first-order valence-corrected chi connectivity index (χ1v) is 11.2. The van der Waals surface area contributed by atoms with Crippen molar-refractivity contribution < 1.29 is 9.47 Å². The molecule has 0 amide bonds. The van der Waals surface area contributed by atoms with Crippen molar-refractivity contribution in [3.8, 4) is 11.5 Å². The molecule has 27 heavy (non-hydrogen) atoms. The van der Waals surface area contributed by atoms with Crippen molar-refractivity contribution in [1.82, 2.24) is 0 Å². The van der Waals surface area contributed by atoms with Crippen LogP contribution in [-0.2, 0) is 13.2 Å². The van der Waals surface area contributed by atoms with Crippen LogP contribution in [0.2, 0.25) is 0 Å². The van der Waals surface area contributed by atoms with Crippen molar-refractivity contribution in [2.75, 3.05) is 11.5 Å². The van der Waals surface area contributed by atoms with Gasteiger partial charge in [-0.3, -0.25) is 0 Å².